The molecule has 8 nitrogen and oxygen atoms in total. The van der Waals surface area contributed by atoms with Gasteiger partial charge in [-0.15, -0.1) is 0 Å². The lowest BCUT2D eigenvalue weighted by atomic mass is 9.96. The van der Waals surface area contributed by atoms with Crippen LogP contribution < -0.4 is 10.6 Å². The second-order valence-corrected chi connectivity index (χ2v) is 10.1. The van der Waals surface area contributed by atoms with E-state index < -0.39 is 29.7 Å². The number of aryl methyl sites for hydroxylation is 2. The summed E-state index contributed by atoms with van der Waals surface area (Å²) < 4.78 is 5.35. The van der Waals surface area contributed by atoms with E-state index in [-0.39, 0.29) is 25.0 Å². The van der Waals surface area contributed by atoms with E-state index in [2.05, 4.69) is 10.6 Å². The van der Waals surface area contributed by atoms with Crippen molar-refractivity contribution in [3.63, 3.8) is 0 Å². The zero-order valence-electron chi connectivity index (χ0n) is 22.0. The fourth-order valence-corrected chi connectivity index (χ4v) is 3.73. The quantitative estimate of drug-likeness (QED) is 0.422. The van der Waals surface area contributed by atoms with Crippen LogP contribution in [0, 0.1) is 19.8 Å². The van der Waals surface area contributed by atoms with Gasteiger partial charge in [-0.05, 0) is 52.5 Å². The van der Waals surface area contributed by atoms with E-state index in [1.54, 1.807) is 20.8 Å². The highest BCUT2D eigenvalue weighted by Gasteiger charge is 2.37. The summed E-state index contributed by atoms with van der Waals surface area (Å²) in [6, 6.07) is 3.87. The van der Waals surface area contributed by atoms with Gasteiger partial charge in [0, 0.05) is 13.1 Å². The Bertz CT molecular complexity index is 812. The lowest BCUT2D eigenvalue weighted by Gasteiger charge is -2.35. The second kappa shape index (κ2) is 13.3. The molecule has 0 aliphatic rings. The molecule has 3 N–H and O–H groups in total. The van der Waals surface area contributed by atoms with Crippen molar-refractivity contribution < 1.29 is 24.2 Å². The number of rotatable bonds is 11. The van der Waals surface area contributed by atoms with E-state index in [1.165, 1.54) is 4.90 Å². The molecule has 0 fully saturated rings. The van der Waals surface area contributed by atoms with Crippen LogP contribution in [0.1, 0.15) is 77.1 Å². The van der Waals surface area contributed by atoms with Crippen LogP contribution in [0.3, 0.4) is 0 Å². The Morgan fingerprint density at radius 3 is 2.15 bits per heavy atom. The predicted octanol–water partition coefficient (Wildman–Crippen LogP) is 3.63. The molecule has 0 aliphatic heterocycles. The molecule has 2 atom stereocenters. The maximum absolute atomic E-state index is 13.8. The largest absolute Gasteiger partial charge is 0.444 e. The minimum atomic E-state index is -0.947. The SMILES string of the molecule is CCCCNC(=O)C(c1cc(C)cc(C)c1)N(CCO)C(=O)C(NC(=O)OC(C)(C)C)C(C)C. The van der Waals surface area contributed by atoms with Gasteiger partial charge in [0.1, 0.15) is 17.7 Å². The van der Waals surface area contributed by atoms with Crippen LogP contribution in [-0.4, -0.2) is 59.3 Å². The summed E-state index contributed by atoms with van der Waals surface area (Å²) in [6.07, 6.45) is 1.02. The Morgan fingerprint density at radius 2 is 1.68 bits per heavy atom. The highest BCUT2D eigenvalue weighted by molar-refractivity contribution is 5.92. The van der Waals surface area contributed by atoms with E-state index in [0.29, 0.717) is 12.1 Å². The van der Waals surface area contributed by atoms with Crippen molar-refractivity contribution in [2.75, 3.05) is 19.7 Å². The minimum absolute atomic E-state index is 0.0586. The van der Waals surface area contributed by atoms with Gasteiger partial charge in [-0.2, -0.15) is 0 Å². The molecule has 0 bridgehead atoms. The summed E-state index contributed by atoms with van der Waals surface area (Å²) >= 11 is 0. The first-order valence-electron chi connectivity index (χ1n) is 12.1. The Morgan fingerprint density at radius 1 is 1.09 bits per heavy atom. The molecular formula is C26H43N3O5. The Kier molecular flexibility index (Phi) is 11.5. The normalized spacial score (nSPS) is 13.2. The van der Waals surface area contributed by atoms with Crippen molar-refractivity contribution in [1.82, 2.24) is 15.5 Å². The van der Waals surface area contributed by atoms with Crippen molar-refractivity contribution in [2.24, 2.45) is 5.92 Å². The molecule has 192 valence electrons. The van der Waals surface area contributed by atoms with Gasteiger partial charge in [-0.3, -0.25) is 9.59 Å². The third-order valence-electron chi connectivity index (χ3n) is 5.18. The molecule has 34 heavy (non-hydrogen) atoms. The van der Waals surface area contributed by atoms with Crippen LogP contribution in [0.15, 0.2) is 18.2 Å². The average molecular weight is 478 g/mol. The molecule has 1 aromatic carbocycles. The second-order valence-electron chi connectivity index (χ2n) is 10.1. The van der Waals surface area contributed by atoms with Gasteiger partial charge in [0.2, 0.25) is 11.8 Å². The summed E-state index contributed by atoms with van der Waals surface area (Å²) in [5.74, 6) is -1.05. The number of carbonyl (C=O) groups excluding carboxylic acids is 3. The van der Waals surface area contributed by atoms with Crippen LogP contribution in [0.25, 0.3) is 0 Å². The van der Waals surface area contributed by atoms with Crippen molar-refractivity contribution in [3.8, 4) is 0 Å². The molecule has 0 saturated carbocycles. The molecule has 0 spiro atoms. The van der Waals surface area contributed by atoms with Crippen LogP contribution in [0.2, 0.25) is 0 Å². The maximum Gasteiger partial charge on any atom is 0.408 e. The van der Waals surface area contributed by atoms with Gasteiger partial charge in [-0.25, -0.2) is 4.79 Å². The van der Waals surface area contributed by atoms with E-state index >= 15 is 0 Å². The minimum Gasteiger partial charge on any atom is -0.444 e. The molecule has 3 amide bonds. The highest BCUT2D eigenvalue weighted by atomic mass is 16.6. The Hall–Kier alpha value is -2.61. The number of nitrogens with zero attached hydrogens (tertiary/aromatic N) is 1. The summed E-state index contributed by atoms with van der Waals surface area (Å²) in [4.78, 5) is 40.9. The van der Waals surface area contributed by atoms with Gasteiger partial charge in [0.15, 0.2) is 0 Å². The first-order valence-corrected chi connectivity index (χ1v) is 12.1. The first-order chi connectivity index (χ1) is 15.8. The highest BCUT2D eigenvalue weighted by Crippen LogP contribution is 2.26. The van der Waals surface area contributed by atoms with Crippen molar-refractivity contribution >= 4 is 17.9 Å². The number of alkyl carbamates (subject to hydrolysis) is 1. The summed E-state index contributed by atoms with van der Waals surface area (Å²) in [6.45, 7) is 14.8. The van der Waals surface area contributed by atoms with E-state index in [1.807, 2.05) is 52.8 Å². The van der Waals surface area contributed by atoms with Crippen LogP contribution in [0.5, 0.6) is 0 Å². The lowest BCUT2D eigenvalue weighted by molar-refractivity contribution is -0.143. The predicted molar refractivity (Wildman–Crippen MR) is 133 cm³/mol. The van der Waals surface area contributed by atoms with Crippen molar-refractivity contribution in [2.45, 2.75) is 85.9 Å². The van der Waals surface area contributed by atoms with Crippen LogP contribution in [-0.2, 0) is 14.3 Å². The van der Waals surface area contributed by atoms with E-state index in [0.717, 1.165) is 24.0 Å². The molecule has 8 heteroatoms. The van der Waals surface area contributed by atoms with E-state index in [4.69, 9.17) is 4.74 Å². The van der Waals surface area contributed by atoms with E-state index in [9.17, 15) is 19.5 Å². The molecule has 0 aliphatic carbocycles. The van der Waals surface area contributed by atoms with Gasteiger partial charge >= 0.3 is 6.09 Å². The van der Waals surface area contributed by atoms with Gasteiger partial charge in [-0.1, -0.05) is 56.5 Å². The Labute approximate surface area is 204 Å². The smallest absolute Gasteiger partial charge is 0.408 e. The standard InChI is InChI=1S/C26H43N3O5/c1-9-10-11-27-23(31)22(20-15-18(4)14-19(5)16-20)29(12-13-30)24(32)21(17(2)3)28-25(33)34-26(6,7)8/h14-17,21-22,30H,9-13H2,1-8H3,(H,27,31)(H,28,33). The lowest BCUT2D eigenvalue weighted by Crippen LogP contribution is -2.55. The molecule has 2 unspecified atom stereocenters. The number of aliphatic hydroxyl groups is 1. The Balaban J connectivity index is 3.41. The average Bonchev–Trinajstić information content (AvgIpc) is 2.69. The maximum atomic E-state index is 13.8. The topological polar surface area (TPSA) is 108 Å². The number of ether oxygens (including phenoxy) is 1. The molecule has 0 heterocycles. The monoisotopic (exact) mass is 477 g/mol. The third-order valence-corrected chi connectivity index (χ3v) is 5.18. The van der Waals surface area contributed by atoms with Crippen molar-refractivity contribution in [1.29, 1.82) is 0 Å². The fraction of sp³-hybridized carbons (Fsp3) is 0.654. The van der Waals surface area contributed by atoms with Crippen LogP contribution in [0.4, 0.5) is 4.79 Å². The zero-order chi connectivity index (χ0) is 26.1. The third kappa shape index (κ3) is 9.33. The number of unbranched alkanes of at least 4 members (excludes halogenated alkanes) is 1. The molecular weight excluding hydrogens is 434 g/mol. The number of benzene rings is 1. The number of hydrogen-bond acceptors (Lipinski definition) is 5. The molecule has 1 rings (SSSR count). The number of amides is 3. The van der Waals surface area contributed by atoms with Crippen molar-refractivity contribution in [3.05, 3.63) is 34.9 Å². The summed E-state index contributed by atoms with van der Waals surface area (Å²) in [7, 11) is 0. The van der Waals surface area contributed by atoms with Gasteiger partial charge in [0.25, 0.3) is 0 Å². The molecule has 1 aromatic rings. The summed E-state index contributed by atoms with van der Waals surface area (Å²) in [5, 5.41) is 15.4. The number of carbonyl (C=O) groups is 3. The molecule has 0 radical (unpaired) electrons. The number of hydrogen-bond donors (Lipinski definition) is 3. The fourth-order valence-electron chi connectivity index (χ4n) is 3.73. The van der Waals surface area contributed by atoms with Gasteiger partial charge < -0.3 is 25.4 Å². The first kappa shape index (κ1) is 29.4. The van der Waals surface area contributed by atoms with Crippen LogP contribution >= 0.6 is 0 Å². The zero-order valence-corrected chi connectivity index (χ0v) is 22.0. The number of nitrogens with one attached hydrogen (secondary N) is 2. The summed E-state index contributed by atoms with van der Waals surface area (Å²) in [5.41, 5.74) is 1.86. The number of aliphatic hydroxyl groups excluding tert-OH is 1. The van der Waals surface area contributed by atoms with Gasteiger partial charge in [0.05, 0.1) is 6.61 Å². The molecule has 0 saturated heterocycles. The molecule has 0 aromatic heterocycles.